The van der Waals surface area contributed by atoms with Crippen molar-refractivity contribution in [1.29, 1.82) is 0 Å². The minimum atomic E-state index is -0.973. The summed E-state index contributed by atoms with van der Waals surface area (Å²) in [4.78, 5) is 23.0. The highest BCUT2D eigenvalue weighted by Crippen LogP contribution is 2.30. The molecule has 0 aliphatic carbocycles. The van der Waals surface area contributed by atoms with Crippen LogP contribution in [0.15, 0.2) is 72.8 Å². The lowest BCUT2D eigenvalue weighted by molar-refractivity contribution is 0.0688. The van der Waals surface area contributed by atoms with Gasteiger partial charge in [0.1, 0.15) is 0 Å². The van der Waals surface area contributed by atoms with Gasteiger partial charge in [0.05, 0.1) is 11.1 Å². The summed E-state index contributed by atoms with van der Waals surface area (Å²) in [5.74, 6) is -1.95. The minimum Gasteiger partial charge on any atom is -0.478 e. The van der Waals surface area contributed by atoms with Gasteiger partial charge in [-0.3, -0.25) is 0 Å². The van der Waals surface area contributed by atoms with E-state index in [2.05, 4.69) is 0 Å². The summed E-state index contributed by atoms with van der Waals surface area (Å²) in [6.45, 7) is 0. The SMILES string of the molecule is O=C(O)c1cccc2ccc(-c3ccc4cccc(C(=O)O)c4c3)cc12. The molecule has 0 spiro atoms. The normalized spacial score (nSPS) is 10.9. The molecule has 0 fully saturated rings. The van der Waals surface area contributed by atoms with Crippen molar-refractivity contribution in [3.8, 4) is 11.1 Å². The van der Waals surface area contributed by atoms with E-state index in [9.17, 15) is 19.8 Å². The van der Waals surface area contributed by atoms with E-state index in [0.717, 1.165) is 21.9 Å². The molecule has 4 rings (SSSR count). The summed E-state index contributed by atoms with van der Waals surface area (Å²) in [6, 6.07) is 21.6. The molecule has 0 unspecified atom stereocenters. The maximum absolute atomic E-state index is 11.5. The van der Waals surface area contributed by atoms with Crippen LogP contribution in [-0.4, -0.2) is 22.2 Å². The number of carbonyl (C=O) groups is 2. The summed E-state index contributed by atoms with van der Waals surface area (Å²) in [5.41, 5.74) is 2.18. The first-order chi connectivity index (χ1) is 12.5. The van der Waals surface area contributed by atoms with E-state index in [4.69, 9.17) is 0 Å². The monoisotopic (exact) mass is 342 g/mol. The Morgan fingerprint density at radius 2 is 1.00 bits per heavy atom. The Balaban J connectivity index is 1.95. The van der Waals surface area contributed by atoms with Crippen molar-refractivity contribution in [2.75, 3.05) is 0 Å². The average molecular weight is 342 g/mol. The molecule has 4 aromatic rings. The Morgan fingerprint density at radius 3 is 1.38 bits per heavy atom. The lowest BCUT2D eigenvalue weighted by atomic mass is 9.95. The third-order valence-electron chi connectivity index (χ3n) is 4.56. The third-order valence-corrected chi connectivity index (χ3v) is 4.56. The molecule has 126 valence electrons. The first-order valence-corrected chi connectivity index (χ1v) is 8.07. The van der Waals surface area contributed by atoms with Gasteiger partial charge in [-0.15, -0.1) is 0 Å². The van der Waals surface area contributed by atoms with E-state index in [0.29, 0.717) is 10.8 Å². The summed E-state index contributed by atoms with van der Waals surface area (Å²) >= 11 is 0. The zero-order valence-electron chi connectivity index (χ0n) is 13.6. The van der Waals surface area contributed by atoms with E-state index in [-0.39, 0.29) is 11.1 Å². The number of benzene rings is 4. The Hall–Kier alpha value is -3.66. The van der Waals surface area contributed by atoms with Crippen molar-refractivity contribution in [1.82, 2.24) is 0 Å². The molecule has 2 N–H and O–H groups in total. The van der Waals surface area contributed by atoms with Crippen LogP contribution in [0.25, 0.3) is 32.7 Å². The molecule has 0 aliphatic rings. The fourth-order valence-corrected chi connectivity index (χ4v) is 3.28. The summed E-state index contributed by atoms with van der Waals surface area (Å²) < 4.78 is 0. The second-order valence-electron chi connectivity index (χ2n) is 6.09. The number of rotatable bonds is 3. The largest absolute Gasteiger partial charge is 0.478 e. The van der Waals surface area contributed by atoms with Crippen LogP contribution in [0.5, 0.6) is 0 Å². The van der Waals surface area contributed by atoms with Gasteiger partial charge in [0.15, 0.2) is 0 Å². The van der Waals surface area contributed by atoms with E-state index in [1.54, 1.807) is 24.3 Å². The van der Waals surface area contributed by atoms with E-state index in [1.807, 2.05) is 48.5 Å². The van der Waals surface area contributed by atoms with Gasteiger partial charge in [-0.1, -0.05) is 48.5 Å². The molecule has 0 aromatic heterocycles. The minimum absolute atomic E-state index is 0.247. The molecular weight excluding hydrogens is 328 g/mol. The summed E-state index contributed by atoms with van der Waals surface area (Å²) in [7, 11) is 0. The first-order valence-electron chi connectivity index (χ1n) is 8.07. The highest BCUT2D eigenvalue weighted by molar-refractivity contribution is 6.06. The molecule has 0 amide bonds. The molecular formula is C22H14O4. The molecule has 0 saturated heterocycles. The van der Waals surface area contributed by atoms with E-state index < -0.39 is 11.9 Å². The van der Waals surface area contributed by atoms with Gasteiger partial charge in [0, 0.05) is 0 Å². The number of hydrogen-bond acceptors (Lipinski definition) is 2. The second kappa shape index (κ2) is 6.01. The fraction of sp³-hybridized carbons (Fsp3) is 0. The van der Waals surface area contributed by atoms with Crippen LogP contribution in [0.3, 0.4) is 0 Å². The number of carboxylic acid groups (broad SMARTS) is 2. The van der Waals surface area contributed by atoms with E-state index >= 15 is 0 Å². The van der Waals surface area contributed by atoms with Crippen molar-refractivity contribution in [2.45, 2.75) is 0 Å². The summed E-state index contributed by atoms with van der Waals surface area (Å²) in [5, 5.41) is 21.8. The average Bonchev–Trinajstić information content (AvgIpc) is 2.65. The zero-order chi connectivity index (χ0) is 18.3. The van der Waals surface area contributed by atoms with Gasteiger partial charge in [-0.2, -0.15) is 0 Å². The van der Waals surface area contributed by atoms with Crippen molar-refractivity contribution >= 4 is 33.5 Å². The maximum Gasteiger partial charge on any atom is 0.336 e. The molecule has 4 heteroatoms. The van der Waals surface area contributed by atoms with Gasteiger partial charge in [0.25, 0.3) is 0 Å². The summed E-state index contributed by atoms with van der Waals surface area (Å²) in [6.07, 6.45) is 0. The van der Waals surface area contributed by atoms with Crippen LogP contribution in [0.1, 0.15) is 20.7 Å². The van der Waals surface area contributed by atoms with Crippen LogP contribution in [0.4, 0.5) is 0 Å². The molecule has 4 nitrogen and oxygen atoms in total. The number of fused-ring (bicyclic) bond motifs is 2. The number of carboxylic acids is 2. The van der Waals surface area contributed by atoms with Crippen molar-refractivity contribution in [2.24, 2.45) is 0 Å². The van der Waals surface area contributed by atoms with Crippen LogP contribution in [-0.2, 0) is 0 Å². The number of hydrogen-bond donors (Lipinski definition) is 2. The van der Waals surface area contributed by atoms with Crippen molar-refractivity contribution in [3.05, 3.63) is 83.9 Å². The van der Waals surface area contributed by atoms with Gasteiger partial charge in [-0.05, 0) is 56.9 Å². The highest BCUT2D eigenvalue weighted by atomic mass is 16.4. The molecule has 0 bridgehead atoms. The molecule has 0 saturated carbocycles. The topological polar surface area (TPSA) is 74.6 Å². The van der Waals surface area contributed by atoms with Gasteiger partial charge < -0.3 is 10.2 Å². The highest BCUT2D eigenvalue weighted by Gasteiger charge is 2.11. The number of aromatic carboxylic acids is 2. The van der Waals surface area contributed by atoms with Crippen LogP contribution < -0.4 is 0 Å². The van der Waals surface area contributed by atoms with Gasteiger partial charge in [0.2, 0.25) is 0 Å². The first kappa shape index (κ1) is 15.8. The molecule has 26 heavy (non-hydrogen) atoms. The standard InChI is InChI=1S/C22H14O4/c23-21(24)17-5-1-3-13-7-9-15(11-19(13)17)16-10-8-14-4-2-6-18(22(25)26)20(14)12-16/h1-12H,(H,23,24)(H,25,26). The Morgan fingerprint density at radius 1 is 0.577 bits per heavy atom. The van der Waals surface area contributed by atoms with Crippen molar-refractivity contribution in [3.63, 3.8) is 0 Å². The predicted molar refractivity (Wildman–Crippen MR) is 101 cm³/mol. The van der Waals surface area contributed by atoms with Crippen LogP contribution >= 0.6 is 0 Å². The molecule has 0 heterocycles. The smallest absolute Gasteiger partial charge is 0.336 e. The lowest BCUT2D eigenvalue weighted by Gasteiger charge is -2.09. The molecule has 0 radical (unpaired) electrons. The Labute approximate surface area is 148 Å². The zero-order valence-corrected chi connectivity index (χ0v) is 13.6. The van der Waals surface area contributed by atoms with Crippen LogP contribution in [0, 0.1) is 0 Å². The Kier molecular flexibility index (Phi) is 3.66. The molecule has 4 aromatic carbocycles. The maximum atomic E-state index is 11.5. The van der Waals surface area contributed by atoms with Crippen LogP contribution in [0.2, 0.25) is 0 Å². The quantitative estimate of drug-likeness (QED) is 0.546. The fourth-order valence-electron chi connectivity index (χ4n) is 3.28. The lowest BCUT2D eigenvalue weighted by Crippen LogP contribution is -1.98. The predicted octanol–water partition coefficient (Wildman–Crippen LogP) is 5.06. The third kappa shape index (κ3) is 2.58. The van der Waals surface area contributed by atoms with Crippen molar-refractivity contribution < 1.29 is 19.8 Å². The molecule has 0 atom stereocenters. The van der Waals surface area contributed by atoms with E-state index in [1.165, 1.54) is 0 Å². The Bertz CT molecular complexity index is 1100. The second-order valence-corrected chi connectivity index (χ2v) is 6.09. The molecule has 0 aliphatic heterocycles. The van der Waals surface area contributed by atoms with Gasteiger partial charge in [-0.25, -0.2) is 9.59 Å². The van der Waals surface area contributed by atoms with Gasteiger partial charge >= 0.3 is 11.9 Å².